The Balaban J connectivity index is 1.52. The van der Waals surface area contributed by atoms with E-state index < -0.39 is 33.3 Å². The monoisotopic (exact) mass is 605 g/mol. The van der Waals surface area contributed by atoms with Crippen molar-refractivity contribution in [1.29, 1.82) is 0 Å². The Labute approximate surface area is 242 Å². The van der Waals surface area contributed by atoms with Crippen molar-refractivity contribution >= 4 is 59.5 Å². The van der Waals surface area contributed by atoms with E-state index in [2.05, 4.69) is 15.8 Å². The van der Waals surface area contributed by atoms with Crippen LogP contribution in [0.4, 0.5) is 18.9 Å². The van der Waals surface area contributed by atoms with E-state index in [4.69, 9.17) is 40.2 Å². The number of hydrazone groups is 1. The number of benzene rings is 3. The van der Waals surface area contributed by atoms with Gasteiger partial charge in [-0.05, 0) is 72.6 Å². The van der Waals surface area contributed by atoms with E-state index in [1.165, 1.54) is 30.5 Å². The van der Waals surface area contributed by atoms with Crippen LogP contribution < -0.4 is 10.7 Å². The van der Waals surface area contributed by atoms with Crippen molar-refractivity contribution < 1.29 is 27.2 Å². The summed E-state index contributed by atoms with van der Waals surface area (Å²) in [5, 5.41) is 6.18. The van der Waals surface area contributed by atoms with Gasteiger partial charge in [0.1, 0.15) is 5.76 Å². The fourth-order valence-corrected chi connectivity index (χ4v) is 4.40. The SMILES string of the molecule is CC(S)(c1cccc(C(=O)Nc2ccc(Cl)cc2C(=O)N/N=C\c2ccc(Cl)c(C(F)(F)F)c2)c1)c1ccco1. The first-order valence-electron chi connectivity index (χ1n) is 11.5. The number of nitrogens with zero attached hydrogens (tertiary/aromatic N) is 1. The van der Waals surface area contributed by atoms with Gasteiger partial charge in [0.2, 0.25) is 0 Å². The van der Waals surface area contributed by atoms with Gasteiger partial charge in [0.15, 0.2) is 0 Å². The molecule has 4 aromatic rings. The van der Waals surface area contributed by atoms with Crippen LogP contribution >= 0.6 is 35.8 Å². The molecule has 1 unspecified atom stereocenters. The molecule has 2 amide bonds. The van der Waals surface area contributed by atoms with Crippen molar-refractivity contribution in [3.05, 3.63) is 123 Å². The number of alkyl halides is 3. The predicted octanol–water partition coefficient (Wildman–Crippen LogP) is 7.81. The molecule has 0 bridgehead atoms. The quantitative estimate of drug-likeness (QED) is 0.114. The molecule has 1 atom stereocenters. The Morgan fingerprint density at radius 1 is 0.975 bits per heavy atom. The molecule has 0 saturated carbocycles. The highest BCUT2D eigenvalue weighted by Gasteiger charge is 2.33. The predicted molar refractivity (Wildman–Crippen MR) is 152 cm³/mol. The van der Waals surface area contributed by atoms with Crippen molar-refractivity contribution in [3.63, 3.8) is 0 Å². The fraction of sp³-hybridized carbons (Fsp3) is 0.107. The second-order valence-electron chi connectivity index (χ2n) is 8.71. The van der Waals surface area contributed by atoms with E-state index in [9.17, 15) is 22.8 Å². The molecular weight excluding hydrogens is 586 g/mol. The van der Waals surface area contributed by atoms with Crippen LogP contribution in [0.25, 0.3) is 0 Å². The van der Waals surface area contributed by atoms with Gasteiger partial charge in [0, 0.05) is 10.6 Å². The molecule has 1 aromatic heterocycles. The van der Waals surface area contributed by atoms with Gasteiger partial charge in [0.05, 0.1) is 39.1 Å². The molecule has 2 N–H and O–H groups in total. The zero-order valence-corrected chi connectivity index (χ0v) is 23.0. The van der Waals surface area contributed by atoms with Crippen LogP contribution in [0.1, 0.15) is 50.1 Å². The van der Waals surface area contributed by atoms with Crippen LogP contribution in [-0.2, 0) is 10.9 Å². The maximum atomic E-state index is 13.1. The van der Waals surface area contributed by atoms with E-state index in [1.54, 1.807) is 30.3 Å². The Morgan fingerprint density at radius 2 is 1.75 bits per heavy atom. The van der Waals surface area contributed by atoms with Gasteiger partial charge >= 0.3 is 6.18 Å². The first-order valence-corrected chi connectivity index (χ1v) is 12.7. The lowest BCUT2D eigenvalue weighted by Gasteiger charge is -2.22. The van der Waals surface area contributed by atoms with Crippen LogP contribution in [0.5, 0.6) is 0 Å². The van der Waals surface area contributed by atoms with Crippen molar-refractivity contribution in [2.24, 2.45) is 5.10 Å². The second kappa shape index (κ2) is 11.8. The highest BCUT2D eigenvalue weighted by atomic mass is 35.5. The van der Waals surface area contributed by atoms with Gasteiger partial charge in [-0.2, -0.15) is 30.9 Å². The van der Waals surface area contributed by atoms with Crippen LogP contribution in [0.2, 0.25) is 10.0 Å². The molecule has 0 aliphatic heterocycles. The lowest BCUT2D eigenvalue weighted by Crippen LogP contribution is -2.22. The summed E-state index contributed by atoms with van der Waals surface area (Å²) in [4.78, 5) is 26.0. The molecule has 0 aliphatic rings. The van der Waals surface area contributed by atoms with E-state index in [0.717, 1.165) is 18.3 Å². The average Bonchev–Trinajstić information content (AvgIpc) is 3.46. The maximum Gasteiger partial charge on any atom is 0.417 e. The van der Waals surface area contributed by atoms with Gasteiger partial charge in [0.25, 0.3) is 11.8 Å². The van der Waals surface area contributed by atoms with Gasteiger partial charge in [-0.15, -0.1) is 0 Å². The van der Waals surface area contributed by atoms with Crippen LogP contribution in [0.15, 0.2) is 88.6 Å². The summed E-state index contributed by atoms with van der Waals surface area (Å²) in [7, 11) is 0. The zero-order chi connectivity index (χ0) is 29.1. The first kappa shape index (κ1) is 29.3. The van der Waals surface area contributed by atoms with Crippen molar-refractivity contribution in [2.45, 2.75) is 17.8 Å². The highest BCUT2D eigenvalue weighted by Crippen LogP contribution is 2.37. The third kappa shape index (κ3) is 6.70. The highest BCUT2D eigenvalue weighted by molar-refractivity contribution is 7.81. The molecule has 4 rings (SSSR count). The minimum Gasteiger partial charge on any atom is -0.468 e. The smallest absolute Gasteiger partial charge is 0.417 e. The normalized spacial score (nSPS) is 13.2. The van der Waals surface area contributed by atoms with Crippen molar-refractivity contribution in [3.8, 4) is 0 Å². The lowest BCUT2D eigenvalue weighted by atomic mass is 9.95. The molecule has 3 aromatic carbocycles. The molecule has 0 aliphatic carbocycles. The molecular formula is C28H20Cl2F3N3O3S. The number of hydrogen-bond donors (Lipinski definition) is 3. The standard InChI is InChI=1S/C28H20Cl2F3N3O3S/c1-27(40,24-6-3-11-39-24)18-5-2-4-17(13-18)25(37)35-23-10-8-19(29)14-20(23)26(38)36-34-15-16-7-9-22(30)21(12-16)28(31,32)33/h2-15,40H,1H3,(H,35,37)(H,36,38)/b34-15-. The Kier molecular flexibility index (Phi) is 8.62. The molecule has 40 heavy (non-hydrogen) atoms. The summed E-state index contributed by atoms with van der Waals surface area (Å²) in [6.45, 7) is 1.84. The third-order valence-corrected chi connectivity index (χ3v) is 6.88. The summed E-state index contributed by atoms with van der Waals surface area (Å²) < 4.78 is 44.0. The fourth-order valence-electron chi connectivity index (χ4n) is 3.73. The van der Waals surface area contributed by atoms with Gasteiger partial charge < -0.3 is 9.73 Å². The zero-order valence-electron chi connectivity index (χ0n) is 20.6. The van der Waals surface area contributed by atoms with E-state index in [1.807, 2.05) is 13.0 Å². The molecule has 0 radical (unpaired) electrons. The number of halogens is 5. The molecule has 0 saturated heterocycles. The molecule has 1 heterocycles. The summed E-state index contributed by atoms with van der Waals surface area (Å²) in [6.07, 6.45) is -2.08. The van der Waals surface area contributed by atoms with Crippen LogP contribution in [0, 0.1) is 0 Å². The topological polar surface area (TPSA) is 83.7 Å². The van der Waals surface area contributed by atoms with E-state index >= 15 is 0 Å². The number of nitrogens with one attached hydrogen (secondary N) is 2. The number of furan rings is 1. The minimum atomic E-state index is -4.65. The summed E-state index contributed by atoms with van der Waals surface area (Å²) in [5.41, 5.74) is 2.38. The second-order valence-corrected chi connectivity index (χ2v) is 10.4. The number of thiol groups is 1. The number of rotatable bonds is 7. The van der Waals surface area contributed by atoms with Crippen LogP contribution in [0.3, 0.4) is 0 Å². The third-order valence-electron chi connectivity index (χ3n) is 5.84. The Hall–Kier alpha value is -3.73. The lowest BCUT2D eigenvalue weighted by molar-refractivity contribution is -0.137. The number of anilines is 1. The van der Waals surface area contributed by atoms with Gasteiger partial charge in [-0.3, -0.25) is 9.59 Å². The van der Waals surface area contributed by atoms with Crippen molar-refractivity contribution in [2.75, 3.05) is 5.32 Å². The van der Waals surface area contributed by atoms with Crippen molar-refractivity contribution in [1.82, 2.24) is 5.43 Å². The molecule has 12 heteroatoms. The number of hydrogen-bond acceptors (Lipinski definition) is 5. The first-order chi connectivity index (χ1) is 18.9. The van der Waals surface area contributed by atoms with E-state index in [0.29, 0.717) is 16.9 Å². The van der Waals surface area contributed by atoms with Crippen LogP contribution in [-0.4, -0.2) is 18.0 Å². The molecule has 206 valence electrons. The molecule has 0 spiro atoms. The summed E-state index contributed by atoms with van der Waals surface area (Å²) in [6, 6.07) is 17.8. The average molecular weight is 606 g/mol. The number of amides is 2. The van der Waals surface area contributed by atoms with E-state index in [-0.39, 0.29) is 21.8 Å². The Morgan fingerprint density at radius 3 is 2.45 bits per heavy atom. The number of carbonyl (C=O) groups excluding carboxylic acids is 2. The largest absolute Gasteiger partial charge is 0.468 e. The molecule has 6 nitrogen and oxygen atoms in total. The summed E-state index contributed by atoms with van der Waals surface area (Å²) in [5.74, 6) is -0.668. The van der Waals surface area contributed by atoms with Gasteiger partial charge in [-0.1, -0.05) is 41.4 Å². The maximum absolute atomic E-state index is 13.1. The number of carbonyl (C=O) groups is 2. The molecule has 0 fully saturated rings. The van der Waals surface area contributed by atoms with Gasteiger partial charge in [-0.25, -0.2) is 5.43 Å². The Bertz CT molecular complexity index is 1590. The summed E-state index contributed by atoms with van der Waals surface area (Å²) >= 11 is 16.4. The minimum absolute atomic E-state index is 0.0177.